The highest BCUT2D eigenvalue weighted by Gasteiger charge is 2.08. The Labute approximate surface area is 151 Å². The van der Waals surface area contributed by atoms with Gasteiger partial charge in [-0.2, -0.15) is 0 Å². The number of rotatable bonds is 1. The third-order valence-corrected chi connectivity index (χ3v) is 4.36. The standard InChI is InChI=1S/C13H11N3.C8H8N2/c1-16-12-5-3-2-4-11(12)15-13(16)10-6-8-14-9-7-10;1-10-6-9-7-4-2-3-5-8(7)10/h2-9H,1H3;2-6H,1H3. The molecule has 0 unspecified atom stereocenters. The van der Waals surface area contributed by atoms with E-state index in [0.717, 1.165) is 27.9 Å². The first-order valence-electron chi connectivity index (χ1n) is 8.42. The fourth-order valence-electron chi connectivity index (χ4n) is 2.99. The molecule has 0 saturated carbocycles. The minimum Gasteiger partial charge on any atom is -0.334 e. The summed E-state index contributed by atoms with van der Waals surface area (Å²) < 4.78 is 4.11. The molecule has 0 aliphatic heterocycles. The predicted molar refractivity (Wildman–Crippen MR) is 105 cm³/mol. The molecule has 128 valence electrons. The lowest BCUT2D eigenvalue weighted by atomic mass is 10.2. The molecular formula is C21H19N5. The largest absolute Gasteiger partial charge is 0.334 e. The van der Waals surface area contributed by atoms with Gasteiger partial charge in [0, 0.05) is 32.1 Å². The molecule has 5 rings (SSSR count). The average molecular weight is 341 g/mol. The van der Waals surface area contributed by atoms with Gasteiger partial charge in [0.05, 0.1) is 28.4 Å². The van der Waals surface area contributed by atoms with Gasteiger partial charge in [0.2, 0.25) is 0 Å². The molecule has 0 bridgehead atoms. The van der Waals surface area contributed by atoms with E-state index in [-0.39, 0.29) is 0 Å². The number of imidazole rings is 2. The molecule has 0 fully saturated rings. The van der Waals surface area contributed by atoms with Crippen molar-refractivity contribution in [1.82, 2.24) is 24.1 Å². The van der Waals surface area contributed by atoms with Crippen molar-refractivity contribution in [3.05, 3.63) is 79.4 Å². The maximum Gasteiger partial charge on any atom is 0.140 e. The minimum absolute atomic E-state index is 0.976. The number of aryl methyl sites for hydroxylation is 2. The Morgan fingerprint density at radius 1 is 0.731 bits per heavy atom. The fourth-order valence-corrected chi connectivity index (χ4v) is 2.99. The molecule has 0 N–H and O–H groups in total. The molecule has 5 nitrogen and oxygen atoms in total. The lowest BCUT2D eigenvalue weighted by molar-refractivity contribution is 0.948. The van der Waals surface area contributed by atoms with Gasteiger partial charge in [0.1, 0.15) is 5.82 Å². The van der Waals surface area contributed by atoms with Crippen molar-refractivity contribution in [1.29, 1.82) is 0 Å². The Balaban J connectivity index is 0.000000144. The second-order valence-corrected chi connectivity index (χ2v) is 6.06. The molecule has 2 aromatic carbocycles. The van der Waals surface area contributed by atoms with Crippen LogP contribution in [0.1, 0.15) is 0 Å². The number of hydrogen-bond donors (Lipinski definition) is 0. The van der Waals surface area contributed by atoms with Crippen LogP contribution in [0.15, 0.2) is 79.4 Å². The first-order valence-corrected chi connectivity index (χ1v) is 8.42. The van der Waals surface area contributed by atoms with E-state index >= 15 is 0 Å². The lowest BCUT2D eigenvalue weighted by Gasteiger charge is -2.01. The Morgan fingerprint density at radius 3 is 2.08 bits per heavy atom. The van der Waals surface area contributed by atoms with Crippen molar-refractivity contribution in [3.63, 3.8) is 0 Å². The normalized spacial score (nSPS) is 10.7. The number of fused-ring (bicyclic) bond motifs is 2. The summed E-state index contributed by atoms with van der Waals surface area (Å²) >= 11 is 0. The molecule has 5 aromatic rings. The van der Waals surface area contributed by atoms with Crippen molar-refractivity contribution in [2.75, 3.05) is 0 Å². The maximum atomic E-state index is 4.62. The van der Waals surface area contributed by atoms with E-state index in [9.17, 15) is 0 Å². The molecule has 0 radical (unpaired) electrons. The molecule has 0 atom stereocenters. The van der Waals surface area contributed by atoms with E-state index in [2.05, 4.69) is 31.7 Å². The Kier molecular flexibility index (Phi) is 4.19. The topological polar surface area (TPSA) is 48.5 Å². The van der Waals surface area contributed by atoms with Crippen LogP contribution in [0.4, 0.5) is 0 Å². The van der Waals surface area contributed by atoms with Gasteiger partial charge in [-0.15, -0.1) is 0 Å². The van der Waals surface area contributed by atoms with E-state index in [1.165, 1.54) is 5.52 Å². The zero-order valence-corrected chi connectivity index (χ0v) is 14.7. The number of hydrogen-bond acceptors (Lipinski definition) is 3. The second kappa shape index (κ2) is 6.80. The molecule has 0 spiro atoms. The number of para-hydroxylation sites is 4. The molecule has 0 aliphatic rings. The third-order valence-electron chi connectivity index (χ3n) is 4.36. The van der Waals surface area contributed by atoms with Crippen LogP contribution >= 0.6 is 0 Å². The van der Waals surface area contributed by atoms with Crippen LogP contribution in [-0.2, 0) is 14.1 Å². The summed E-state index contributed by atoms with van der Waals surface area (Å²) in [6.45, 7) is 0. The summed E-state index contributed by atoms with van der Waals surface area (Å²) in [5.41, 5.74) is 5.51. The Bertz CT molecular complexity index is 1150. The van der Waals surface area contributed by atoms with E-state index in [4.69, 9.17) is 0 Å². The molecule has 0 amide bonds. The SMILES string of the molecule is Cn1c(-c2ccncc2)nc2ccccc21.Cn1cnc2ccccc21. The third kappa shape index (κ3) is 2.95. The summed E-state index contributed by atoms with van der Waals surface area (Å²) in [6.07, 6.45) is 5.40. The summed E-state index contributed by atoms with van der Waals surface area (Å²) in [5, 5.41) is 0. The van der Waals surface area contributed by atoms with Crippen LogP contribution in [0.2, 0.25) is 0 Å². The average Bonchev–Trinajstić information content (AvgIpc) is 3.24. The van der Waals surface area contributed by atoms with Gasteiger partial charge in [-0.1, -0.05) is 24.3 Å². The van der Waals surface area contributed by atoms with Gasteiger partial charge < -0.3 is 9.13 Å². The van der Waals surface area contributed by atoms with Crippen LogP contribution in [0.5, 0.6) is 0 Å². The molecule has 0 saturated heterocycles. The molecular weight excluding hydrogens is 322 g/mol. The van der Waals surface area contributed by atoms with E-state index in [0.29, 0.717) is 0 Å². The number of pyridine rings is 1. The highest BCUT2D eigenvalue weighted by atomic mass is 15.1. The summed E-state index contributed by atoms with van der Waals surface area (Å²) in [6, 6.07) is 20.2. The van der Waals surface area contributed by atoms with Gasteiger partial charge in [0.15, 0.2) is 0 Å². The fraction of sp³-hybridized carbons (Fsp3) is 0.0952. The van der Waals surface area contributed by atoms with Crippen LogP contribution in [0.3, 0.4) is 0 Å². The number of benzene rings is 2. The van der Waals surface area contributed by atoms with Gasteiger partial charge >= 0.3 is 0 Å². The highest BCUT2D eigenvalue weighted by Crippen LogP contribution is 2.22. The van der Waals surface area contributed by atoms with E-state index < -0.39 is 0 Å². The van der Waals surface area contributed by atoms with Crippen LogP contribution in [0, 0.1) is 0 Å². The smallest absolute Gasteiger partial charge is 0.140 e. The number of nitrogens with zero attached hydrogens (tertiary/aromatic N) is 5. The summed E-state index contributed by atoms with van der Waals surface area (Å²) in [4.78, 5) is 12.8. The Morgan fingerprint density at radius 2 is 1.38 bits per heavy atom. The first-order chi connectivity index (χ1) is 12.7. The minimum atomic E-state index is 0.976. The van der Waals surface area contributed by atoms with Gasteiger partial charge in [-0.05, 0) is 36.4 Å². The second-order valence-electron chi connectivity index (χ2n) is 6.06. The highest BCUT2D eigenvalue weighted by molar-refractivity contribution is 5.80. The summed E-state index contributed by atoms with van der Waals surface area (Å²) in [5.74, 6) is 0.976. The van der Waals surface area contributed by atoms with E-state index in [1.54, 1.807) is 12.4 Å². The van der Waals surface area contributed by atoms with Crippen LogP contribution in [-0.4, -0.2) is 24.1 Å². The van der Waals surface area contributed by atoms with Crippen molar-refractivity contribution in [2.24, 2.45) is 14.1 Å². The van der Waals surface area contributed by atoms with Crippen LogP contribution < -0.4 is 0 Å². The van der Waals surface area contributed by atoms with Gasteiger partial charge in [-0.25, -0.2) is 9.97 Å². The van der Waals surface area contributed by atoms with Crippen LogP contribution in [0.25, 0.3) is 33.5 Å². The van der Waals surface area contributed by atoms with Crippen molar-refractivity contribution in [3.8, 4) is 11.4 Å². The maximum absolute atomic E-state index is 4.62. The van der Waals surface area contributed by atoms with Crippen molar-refractivity contribution >= 4 is 22.1 Å². The van der Waals surface area contributed by atoms with Gasteiger partial charge in [0.25, 0.3) is 0 Å². The lowest BCUT2D eigenvalue weighted by Crippen LogP contribution is -1.92. The zero-order valence-electron chi connectivity index (χ0n) is 14.7. The first kappa shape index (κ1) is 16.0. The van der Waals surface area contributed by atoms with Crippen molar-refractivity contribution < 1.29 is 0 Å². The number of aromatic nitrogens is 5. The molecule has 26 heavy (non-hydrogen) atoms. The van der Waals surface area contributed by atoms with E-state index in [1.807, 2.05) is 73.5 Å². The quantitative estimate of drug-likeness (QED) is 0.459. The Hall–Kier alpha value is -3.47. The monoisotopic (exact) mass is 341 g/mol. The predicted octanol–water partition coefficient (Wildman–Crippen LogP) is 4.21. The van der Waals surface area contributed by atoms with Crippen molar-refractivity contribution in [2.45, 2.75) is 0 Å². The molecule has 3 aromatic heterocycles. The zero-order chi connectivity index (χ0) is 17.9. The van der Waals surface area contributed by atoms with Gasteiger partial charge in [-0.3, -0.25) is 4.98 Å². The molecule has 5 heteroatoms. The molecule has 0 aliphatic carbocycles. The molecule has 3 heterocycles. The summed E-state index contributed by atoms with van der Waals surface area (Å²) in [7, 11) is 4.03.